The van der Waals surface area contributed by atoms with Gasteiger partial charge in [0, 0.05) is 6.42 Å². The molecule has 0 aliphatic carbocycles. The highest BCUT2D eigenvalue weighted by molar-refractivity contribution is 5.75. The van der Waals surface area contributed by atoms with Crippen molar-refractivity contribution in [2.75, 3.05) is 0 Å². The molecule has 0 fully saturated rings. The lowest BCUT2D eigenvalue weighted by Gasteiger charge is -2.09. The Morgan fingerprint density at radius 1 is 1.09 bits per heavy atom. The molecule has 0 bridgehead atoms. The van der Waals surface area contributed by atoms with Gasteiger partial charge in [-0.3, -0.25) is 4.79 Å². The maximum atomic E-state index is 11.5. The van der Waals surface area contributed by atoms with Crippen molar-refractivity contribution in [1.29, 1.82) is 0 Å². The number of carboxylic acid groups (broad SMARTS) is 1. The van der Waals surface area contributed by atoms with Gasteiger partial charge in [0.1, 0.15) is 17.4 Å². The van der Waals surface area contributed by atoms with E-state index in [-0.39, 0.29) is 0 Å². The Hall–Kier alpha value is -1.25. The topological polar surface area (TPSA) is 50.4 Å². The third-order valence-electron chi connectivity index (χ3n) is 4.28. The first-order valence-electron chi connectivity index (χ1n) is 8.92. The molecule has 1 atom stereocenters. The van der Waals surface area contributed by atoms with Crippen LogP contribution in [0.5, 0.6) is 0 Å². The van der Waals surface area contributed by atoms with E-state index >= 15 is 0 Å². The van der Waals surface area contributed by atoms with Crippen LogP contribution in [0.1, 0.15) is 94.6 Å². The van der Waals surface area contributed by atoms with Crippen molar-refractivity contribution >= 4 is 5.97 Å². The Labute approximate surface area is 135 Å². The smallest absolute Gasteiger partial charge is 0.314 e. The standard InChI is InChI=1S/C19H32O3/c1-4-6-8-9-11-12-16(19(20)21)18-14-15(3)17(22-18)13-10-7-5-2/h14,16H,4-13H2,1-3H3,(H,20,21). The van der Waals surface area contributed by atoms with Crippen LogP contribution in [0.4, 0.5) is 0 Å². The molecule has 3 heteroatoms. The minimum Gasteiger partial charge on any atom is -0.481 e. The van der Waals surface area contributed by atoms with Crippen LogP contribution >= 0.6 is 0 Å². The lowest BCUT2D eigenvalue weighted by Crippen LogP contribution is -2.10. The highest BCUT2D eigenvalue weighted by Gasteiger charge is 2.24. The second kappa shape index (κ2) is 10.5. The van der Waals surface area contributed by atoms with Gasteiger partial charge in [-0.1, -0.05) is 58.8 Å². The Balaban J connectivity index is 2.59. The highest BCUT2D eigenvalue weighted by Crippen LogP contribution is 2.28. The van der Waals surface area contributed by atoms with E-state index < -0.39 is 11.9 Å². The van der Waals surface area contributed by atoms with Gasteiger partial charge in [0.25, 0.3) is 0 Å². The van der Waals surface area contributed by atoms with E-state index in [0.29, 0.717) is 12.2 Å². The minimum absolute atomic E-state index is 0.486. The summed E-state index contributed by atoms with van der Waals surface area (Å²) in [6, 6.07) is 1.94. The quantitative estimate of drug-likeness (QED) is 0.493. The number of unbranched alkanes of at least 4 members (excludes halogenated alkanes) is 6. The van der Waals surface area contributed by atoms with Gasteiger partial charge in [0.05, 0.1) is 0 Å². The van der Waals surface area contributed by atoms with E-state index in [2.05, 4.69) is 13.8 Å². The van der Waals surface area contributed by atoms with E-state index in [1.54, 1.807) is 0 Å². The molecule has 0 aliphatic heterocycles. The molecule has 0 radical (unpaired) electrons. The molecule has 126 valence electrons. The SMILES string of the molecule is CCCCCCCC(C(=O)O)c1cc(C)c(CCCCC)o1. The third-order valence-corrected chi connectivity index (χ3v) is 4.28. The Bertz CT molecular complexity index is 434. The first-order valence-corrected chi connectivity index (χ1v) is 8.92. The van der Waals surface area contributed by atoms with Gasteiger partial charge >= 0.3 is 5.97 Å². The molecular weight excluding hydrogens is 276 g/mol. The van der Waals surface area contributed by atoms with Crippen molar-refractivity contribution in [3.8, 4) is 0 Å². The predicted molar refractivity (Wildman–Crippen MR) is 90.4 cm³/mol. The number of aryl methyl sites for hydroxylation is 2. The first-order chi connectivity index (χ1) is 10.6. The number of carbonyl (C=O) groups is 1. The van der Waals surface area contributed by atoms with Crippen molar-refractivity contribution in [2.24, 2.45) is 0 Å². The number of rotatable bonds is 12. The van der Waals surface area contributed by atoms with E-state index in [0.717, 1.165) is 37.0 Å². The molecule has 0 aliphatic rings. The van der Waals surface area contributed by atoms with Gasteiger partial charge in [-0.05, 0) is 31.4 Å². The Morgan fingerprint density at radius 2 is 1.73 bits per heavy atom. The zero-order valence-corrected chi connectivity index (χ0v) is 14.5. The minimum atomic E-state index is -0.760. The summed E-state index contributed by atoms with van der Waals surface area (Å²) < 4.78 is 5.88. The summed E-state index contributed by atoms with van der Waals surface area (Å²) in [5.74, 6) is 0.372. The molecule has 0 saturated carbocycles. The van der Waals surface area contributed by atoms with Crippen LogP contribution in [0.25, 0.3) is 0 Å². The van der Waals surface area contributed by atoms with Gasteiger partial charge in [-0.25, -0.2) is 0 Å². The van der Waals surface area contributed by atoms with E-state index in [1.165, 1.54) is 32.1 Å². The lowest BCUT2D eigenvalue weighted by atomic mass is 9.98. The molecule has 1 N–H and O–H groups in total. The monoisotopic (exact) mass is 308 g/mol. The molecule has 0 spiro atoms. The summed E-state index contributed by atoms with van der Waals surface area (Å²) in [7, 11) is 0. The summed E-state index contributed by atoms with van der Waals surface area (Å²) in [4.78, 5) is 11.5. The van der Waals surface area contributed by atoms with Crippen molar-refractivity contribution < 1.29 is 14.3 Å². The fourth-order valence-corrected chi connectivity index (χ4v) is 2.84. The summed E-state index contributed by atoms with van der Waals surface area (Å²) in [6.45, 7) is 6.39. The molecule has 0 saturated heterocycles. The maximum Gasteiger partial charge on any atom is 0.314 e. The molecule has 22 heavy (non-hydrogen) atoms. The van der Waals surface area contributed by atoms with Crippen LogP contribution < -0.4 is 0 Å². The van der Waals surface area contributed by atoms with E-state index in [4.69, 9.17) is 4.42 Å². The molecule has 1 rings (SSSR count). The summed E-state index contributed by atoms with van der Waals surface area (Å²) in [6.07, 6.45) is 10.8. The maximum absolute atomic E-state index is 11.5. The number of aliphatic carboxylic acids is 1. The number of hydrogen-bond donors (Lipinski definition) is 1. The van der Waals surface area contributed by atoms with Crippen molar-refractivity contribution in [1.82, 2.24) is 0 Å². The average Bonchev–Trinajstić information content (AvgIpc) is 2.83. The molecule has 1 unspecified atom stereocenters. The van der Waals surface area contributed by atoms with Crippen molar-refractivity contribution in [3.63, 3.8) is 0 Å². The molecule has 0 amide bonds. The second-order valence-electron chi connectivity index (χ2n) is 6.31. The molecule has 0 aromatic carbocycles. The summed E-state index contributed by atoms with van der Waals surface area (Å²) in [5, 5.41) is 9.48. The zero-order valence-electron chi connectivity index (χ0n) is 14.5. The van der Waals surface area contributed by atoms with Crippen LogP contribution in [0.3, 0.4) is 0 Å². The molecule has 3 nitrogen and oxygen atoms in total. The zero-order chi connectivity index (χ0) is 16.4. The Morgan fingerprint density at radius 3 is 2.36 bits per heavy atom. The van der Waals surface area contributed by atoms with Crippen molar-refractivity contribution in [2.45, 2.75) is 90.9 Å². The van der Waals surface area contributed by atoms with Crippen LogP contribution in [0.15, 0.2) is 10.5 Å². The van der Waals surface area contributed by atoms with Gasteiger partial charge in [0.15, 0.2) is 0 Å². The number of carboxylic acids is 1. The number of furan rings is 1. The first kappa shape index (κ1) is 18.8. The van der Waals surface area contributed by atoms with Gasteiger partial charge in [-0.15, -0.1) is 0 Å². The fourth-order valence-electron chi connectivity index (χ4n) is 2.84. The van der Waals surface area contributed by atoms with Crippen LogP contribution in [-0.4, -0.2) is 11.1 Å². The highest BCUT2D eigenvalue weighted by atomic mass is 16.4. The predicted octanol–water partition coefficient (Wildman–Crippen LogP) is 5.85. The molecule has 1 aromatic rings. The molecule has 1 aromatic heterocycles. The summed E-state index contributed by atoms with van der Waals surface area (Å²) in [5.41, 5.74) is 1.10. The van der Waals surface area contributed by atoms with E-state index in [9.17, 15) is 9.90 Å². The number of hydrogen-bond acceptors (Lipinski definition) is 2. The third kappa shape index (κ3) is 6.25. The van der Waals surface area contributed by atoms with E-state index in [1.807, 2.05) is 13.0 Å². The normalized spacial score (nSPS) is 12.5. The lowest BCUT2D eigenvalue weighted by molar-refractivity contribution is -0.139. The van der Waals surface area contributed by atoms with Crippen LogP contribution in [-0.2, 0) is 11.2 Å². The van der Waals surface area contributed by atoms with Crippen LogP contribution in [0, 0.1) is 6.92 Å². The van der Waals surface area contributed by atoms with Crippen molar-refractivity contribution in [3.05, 3.63) is 23.2 Å². The van der Waals surface area contributed by atoms with Crippen LogP contribution in [0.2, 0.25) is 0 Å². The van der Waals surface area contributed by atoms with Gasteiger partial charge in [0.2, 0.25) is 0 Å². The molecular formula is C19H32O3. The molecule has 1 heterocycles. The fraction of sp³-hybridized carbons (Fsp3) is 0.737. The van der Waals surface area contributed by atoms with Gasteiger partial charge in [-0.2, -0.15) is 0 Å². The van der Waals surface area contributed by atoms with Gasteiger partial charge < -0.3 is 9.52 Å². The average molecular weight is 308 g/mol. The summed E-state index contributed by atoms with van der Waals surface area (Å²) >= 11 is 0. The second-order valence-corrected chi connectivity index (χ2v) is 6.31. The largest absolute Gasteiger partial charge is 0.481 e. The Kier molecular flexibility index (Phi) is 8.95.